The number of fused-ring (bicyclic) bond motifs is 1. The molecule has 0 unspecified atom stereocenters. The van der Waals surface area contributed by atoms with Crippen molar-refractivity contribution in [2.45, 2.75) is 31.2 Å². The number of aromatic nitrogens is 1. The minimum absolute atomic E-state index is 0.319. The standard InChI is InChI=1S/C22H23N3O2/c1-27-17-10-8-16(9-11-17)24-21-14-19(18-6-2-3-7-20(18)25-21)22(23-15-26)12-4-5-13-22/h2-3,6-11,14-15H,4-5,12-13H2,1H3,(H,23,26)(H,24,25). The van der Waals surface area contributed by atoms with Crippen LogP contribution in [0.1, 0.15) is 31.2 Å². The van der Waals surface area contributed by atoms with Gasteiger partial charge in [-0.25, -0.2) is 4.98 Å². The molecule has 1 aliphatic rings. The molecule has 0 spiro atoms. The largest absolute Gasteiger partial charge is 0.497 e. The van der Waals surface area contributed by atoms with Crippen LogP contribution in [-0.2, 0) is 10.3 Å². The molecule has 3 aromatic rings. The van der Waals surface area contributed by atoms with Crippen LogP contribution in [0.15, 0.2) is 54.6 Å². The summed E-state index contributed by atoms with van der Waals surface area (Å²) in [6.07, 6.45) is 4.94. The molecule has 2 aromatic carbocycles. The number of nitrogens with zero attached hydrogens (tertiary/aromatic N) is 1. The van der Waals surface area contributed by atoms with Gasteiger partial charge in [0.25, 0.3) is 0 Å². The molecule has 5 nitrogen and oxygen atoms in total. The number of ether oxygens (including phenoxy) is 1. The third kappa shape index (κ3) is 3.33. The van der Waals surface area contributed by atoms with Crippen molar-refractivity contribution in [1.82, 2.24) is 10.3 Å². The Morgan fingerprint density at radius 2 is 1.81 bits per heavy atom. The van der Waals surface area contributed by atoms with E-state index in [2.05, 4.69) is 22.8 Å². The van der Waals surface area contributed by atoms with Crippen LogP contribution in [0.4, 0.5) is 11.5 Å². The smallest absolute Gasteiger partial charge is 0.207 e. The van der Waals surface area contributed by atoms with Crippen molar-refractivity contribution in [1.29, 1.82) is 0 Å². The molecular formula is C22H23N3O2. The van der Waals surface area contributed by atoms with Gasteiger partial charge in [-0.15, -0.1) is 0 Å². The number of pyridine rings is 1. The molecule has 1 heterocycles. The van der Waals surface area contributed by atoms with E-state index in [0.29, 0.717) is 0 Å². The fraction of sp³-hybridized carbons (Fsp3) is 0.273. The summed E-state index contributed by atoms with van der Waals surface area (Å²) >= 11 is 0. The predicted octanol–water partition coefficient (Wildman–Crippen LogP) is 4.50. The molecule has 0 aliphatic heterocycles. The zero-order valence-electron chi connectivity index (χ0n) is 15.4. The number of benzene rings is 2. The van der Waals surface area contributed by atoms with Crippen molar-refractivity contribution in [3.8, 4) is 5.75 Å². The maximum atomic E-state index is 11.4. The maximum absolute atomic E-state index is 11.4. The Balaban J connectivity index is 1.79. The monoisotopic (exact) mass is 361 g/mol. The predicted molar refractivity (Wildman–Crippen MR) is 107 cm³/mol. The summed E-state index contributed by atoms with van der Waals surface area (Å²) in [7, 11) is 1.65. The number of amides is 1. The fourth-order valence-corrected chi connectivity index (χ4v) is 4.04. The van der Waals surface area contributed by atoms with E-state index >= 15 is 0 Å². The molecule has 1 aromatic heterocycles. The molecule has 0 atom stereocenters. The number of methoxy groups -OCH3 is 1. The van der Waals surface area contributed by atoms with E-state index in [4.69, 9.17) is 9.72 Å². The number of hydrogen-bond donors (Lipinski definition) is 2. The summed E-state index contributed by atoms with van der Waals surface area (Å²) < 4.78 is 5.22. The molecule has 1 fully saturated rings. The van der Waals surface area contributed by atoms with E-state index < -0.39 is 0 Å². The lowest BCUT2D eigenvalue weighted by Crippen LogP contribution is -2.39. The first-order valence-electron chi connectivity index (χ1n) is 9.27. The van der Waals surface area contributed by atoms with Gasteiger partial charge in [0.05, 0.1) is 18.2 Å². The Morgan fingerprint density at radius 1 is 1.07 bits per heavy atom. The van der Waals surface area contributed by atoms with Gasteiger partial charge in [0, 0.05) is 11.1 Å². The first-order valence-corrected chi connectivity index (χ1v) is 9.27. The van der Waals surface area contributed by atoms with Gasteiger partial charge in [0.2, 0.25) is 6.41 Å². The molecule has 27 heavy (non-hydrogen) atoms. The van der Waals surface area contributed by atoms with Crippen molar-refractivity contribution in [3.63, 3.8) is 0 Å². The molecule has 0 bridgehead atoms. The lowest BCUT2D eigenvalue weighted by Gasteiger charge is -2.30. The average Bonchev–Trinajstić information content (AvgIpc) is 3.18. The van der Waals surface area contributed by atoms with Gasteiger partial charge >= 0.3 is 0 Å². The Morgan fingerprint density at radius 3 is 2.52 bits per heavy atom. The molecule has 1 amide bonds. The van der Waals surface area contributed by atoms with E-state index in [-0.39, 0.29) is 5.54 Å². The van der Waals surface area contributed by atoms with Gasteiger partial charge in [-0.1, -0.05) is 31.0 Å². The van der Waals surface area contributed by atoms with Crippen molar-refractivity contribution in [3.05, 3.63) is 60.2 Å². The van der Waals surface area contributed by atoms with Gasteiger partial charge < -0.3 is 15.4 Å². The topological polar surface area (TPSA) is 63.2 Å². The van der Waals surface area contributed by atoms with E-state index in [9.17, 15) is 4.79 Å². The third-order valence-corrected chi connectivity index (χ3v) is 5.39. The highest BCUT2D eigenvalue weighted by Gasteiger charge is 2.36. The molecule has 5 heteroatoms. The Labute approximate surface area is 158 Å². The van der Waals surface area contributed by atoms with Crippen LogP contribution >= 0.6 is 0 Å². The Kier molecular flexibility index (Phi) is 4.67. The molecule has 2 N–H and O–H groups in total. The number of rotatable bonds is 6. The normalized spacial score (nSPS) is 15.4. The summed E-state index contributed by atoms with van der Waals surface area (Å²) in [6.45, 7) is 0. The van der Waals surface area contributed by atoms with Gasteiger partial charge in [0.1, 0.15) is 11.6 Å². The summed E-state index contributed by atoms with van der Waals surface area (Å²) in [5.41, 5.74) is 2.67. The second kappa shape index (κ2) is 7.27. The van der Waals surface area contributed by atoms with Crippen molar-refractivity contribution >= 4 is 28.8 Å². The summed E-state index contributed by atoms with van der Waals surface area (Å²) in [5, 5.41) is 7.60. The highest BCUT2D eigenvalue weighted by atomic mass is 16.5. The van der Waals surface area contributed by atoms with Crippen LogP contribution in [-0.4, -0.2) is 18.5 Å². The second-order valence-electron chi connectivity index (χ2n) is 6.98. The van der Waals surface area contributed by atoms with Gasteiger partial charge in [0.15, 0.2) is 0 Å². The fourth-order valence-electron chi connectivity index (χ4n) is 4.04. The van der Waals surface area contributed by atoms with Gasteiger partial charge in [-0.3, -0.25) is 4.79 Å². The number of nitrogens with one attached hydrogen (secondary N) is 2. The maximum Gasteiger partial charge on any atom is 0.207 e. The van der Waals surface area contributed by atoms with Gasteiger partial charge in [-0.2, -0.15) is 0 Å². The van der Waals surface area contributed by atoms with Crippen molar-refractivity contribution < 1.29 is 9.53 Å². The van der Waals surface area contributed by atoms with E-state index in [0.717, 1.165) is 65.8 Å². The number of para-hydroxylation sites is 1. The molecule has 138 valence electrons. The summed E-state index contributed by atoms with van der Waals surface area (Å²) in [6, 6.07) is 17.9. The molecule has 0 radical (unpaired) electrons. The molecule has 1 saturated carbocycles. The molecule has 1 aliphatic carbocycles. The molecular weight excluding hydrogens is 338 g/mol. The Hall–Kier alpha value is -3.08. The van der Waals surface area contributed by atoms with Crippen LogP contribution < -0.4 is 15.4 Å². The zero-order valence-corrected chi connectivity index (χ0v) is 15.4. The number of hydrogen-bond acceptors (Lipinski definition) is 4. The average molecular weight is 361 g/mol. The van der Waals surface area contributed by atoms with Crippen LogP contribution in [0.5, 0.6) is 5.75 Å². The lowest BCUT2D eigenvalue weighted by atomic mass is 9.86. The first-order chi connectivity index (χ1) is 13.2. The number of carbonyl (C=O) groups excluding carboxylic acids is 1. The highest BCUT2D eigenvalue weighted by Crippen LogP contribution is 2.42. The lowest BCUT2D eigenvalue weighted by molar-refractivity contribution is -0.111. The number of carbonyl (C=O) groups is 1. The summed E-state index contributed by atoms with van der Waals surface area (Å²) in [5.74, 6) is 1.58. The van der Waals surface area contributed by atoms with Crippen LogP contribution in [0.2, 0.25) is 0 Å². The minimum atomic E-state index is -0.319. The minimum Gasteiger partial charge on any atom is -0.497 e. The van der Waals surface area contributed by atoms with E-state index in [1.165, 1.54) is 0 Å². The summed E-state index contributed by atoms with van der Waals surface area (Å²) in [4.78, 5) is 16.1. The van der Waals surface area contributed by atoms with E-state index in [1.807, 2.05) is 42.5 Å². The van der Waals surface area contributed by atoms with Crippen LogP contribution in [0.25, 0.3) is 10.9 Å². The quantitative estimate of drug-likeness (QED) is 0.635. The zero-order chi connectivity index (χ0) is 18.7. The van der Waals surface area contributed by atoms with Crippen LogP contribution in [0.3, 0.4) is 0 Å². The third-order valence-electron chi connectivity index (χ3n) is 5.39. The number of anilines is 2. The van der Waals surface area contributed by atoms with Crippen molar-refractivity contribution in [2.24, 2.45) is 0 Å². The van der Waals surface area contributed by atoms with Crippen LogP contribution in [0, 0.1) is 0 Å². The second-order valence-corrected chi connectivity index (χ2v) is 6.98. The highest BCUT2D eigenvalue weighted by molar-refractivity contribution is 5.86. The van der Waals surface area contributed by atoms with E-state index in [1.54, 1.807) is 7.11 Å². The van der Waals surface area contributed by atoms with Gasteiger partial charge in [-0.05, 0) is 54.8 Å². The SMILES string of the molecule is COc1ccc(Nc2cc(C3(NC=O)CCCC3)c3ccccc3n2)cc1. The molecule has 4 rings (SSSR count). The Bertz CT molecular complexity index is 947. The first kappa shape index (κ1) is 17.3. The van der Waals surface area contributed by atoms with Crippen molar-refractivity contribution in [2.75, 3.05) is 12.4 Å². The molecule has 0 saturated heterocycles.